The van der Waals surface area contributed by atoms with Gasteiger partial charge in [-0.1, -0.05) is 18.2 Å². The number of carbonyl (C=O) groups excluding carboxylic acids is 1. The first-order valence-corrected chi connectivity index (χ1v) is 14.2. The molecule has 2 N–H and O–H groups in total. The number of nitrogens with zero attached hydrogens (tertiary/aromatic N) is 2. The predicted octanol–water partition coefficient (Wildman–Crippen LogP) is 7.21. The third-order valence-electron chi connectivity index (χ3n) is 6.75. The van der Waals surface area contributed by atoms with E-state index in [1.165, 1.54) is 54.6 Å². The van der Waals surface area contributed by atoms with Gasteiger partial charge in [0, 0.05) is 18.2 Å². The van der Waals surface area contributed by atoms with Crippen LogP contribution in [0.25, 0.3) is 0 Å². The molecule has 0 saturated carbocycles. The van der Waals surface area contributed by atoms with Crippen LogP contribution in [0.2, 0.25) is 0 Å². The van der Waals surface area contributed by atoms with E-state index in [-0.39, 0.29) is 22.6 Å². The number of aromatic carboxylic acids is 2. The molecule has 0 bridgehead atoms. The summed E-state index contributed by atoms with van der Waals surface area (Å²) in [5.74, 6) is -2.39. The predicted molar refractivity (Wildman–Crippen MR) is 170 cm³/mol. The summed E-state index contributed by atoms with van der Waals surface area (Å²) in [6, 6.07) is 25.2. The van der Waals surface area contributed by atoms with Crippen molar-refractivity contribution in [3.05, 3.63) is 152 Å². The van der Waals surface area contributed by atoms with Crippen molar-refractivity contribution >= 4 is 29.3 Å². The smallest absolute Gasteiger partial charge is 0.351 e. The van der Waals surface area contributed by atoms with E-state index < -0.39 is 56.9 Å². The number of hydrogen-bond acceptors (Lipinski definition) is 12. The maximum absolute atomic E-state index is 12.7. The van der Waals surface area contributed by atoms with E-state index >= 15 is 0 Å². The average molecular weight is 683 g/mol. The Balaban J connectivity index is 1.18. The largest absolute Gasteiger partial charge is 0.478 e. The monoisotopic (exact) mass is 682 g/mol. The Morgan fingerprint density at radius 1 is 0.580 bits per heavy atom. The van der Waals surface area contributed by atoms with Crippen molar-refractivity contribution in [2.24, 2.45) is 0 Å². The topological polar surface area (TPSA) is 224 Å². The van der Waals surface area contributed by atoms with Crippen LogP contribution in [0.3, 0.4) is 0 Å². The number of carbonyl (C=O) groups is 3. The summed E-state index contributed by atoms with van der Waals surface area (Å²) in [6.45, 7) is -0.496. The number of rotatable bonds is 14. The second-order valence-electron chi connectivity index (χ2n) is 9.98. The lowest BCUT2D eigenvalue weighted by Crippen LogP contribution is -2.16. The number of nitro benzene ring substituents is 2. The van der Waals surface area contributed by atoms with Crippen molar-refractivity contribution < 1.29 is 58.4 Å². The van der Waals surface area contributed by atoms with Gasteiger partial charge in [0.25, 0.3) is 11.4 Å². The van der Waals surface area contributed by atoms with E-state index in [1.807, 2.05) is 0 Å². The van der Waals surface area contributed by atoms with Gasteiger partial charge < -0.3 is 29.3 Å². The highest BCUT2D eigenvalue weighted by Gasteiger charge is 2.29. The van der Waals surface area contributed by atoms with Gasteiger partial charge in [0.15, 0.2) is 11.3 Å². The number of carboxylic acid groups (broad SMARTS) is 2. The van der Waals surface area contributed by atoms with Gasteiger partial charge in [-0.3, -0.25) is 20.2 Å². The molecule has 0 heterocycles. The van der Waals surface area contributed by atoms with E-state index in [1.54, 1.807) is 36.4 Å². The molecule has 5 aromatic rings. The molecule has 0 fully saturated rings. The van der Waals surface area contributed by atoms with E-state index in [4.69, 9.17) is 24.0 Å². The number of carboxylic acids is 2. The molecule has 16 heteroatoms. The van der Waals surface area contributed by atoms with Gasteiger partial charge in [-0.2, -0.15) is 4.89 Å². The van der Waals surface area contributed by atoms with Crippen LogP contribution in [0, 0.1) is 20.2 Å². The van der Waals surface area contributed by atoms with Gasteiger partial charge >= 0.3 is 17.9 Å². The van der Waals surface area contributed by atoms with Crippen LogP contribution in [-0.2, 0) is 11.5 Å². The van der Waals surface area contributed by atoms with Crippen molar-refractivity contribution in [1.82, 2.24) is 0 Å². The number of benzene rings is 5. The van der Waals surface area contributed by atoms with Gasteiger partial charge in [-0.05, 0) is 72.8 Å². The quantitative estimate of drug-likeness (QED) is 0.0388. The molecule has 0 aromatic heterocycles. The summed E-state index contributed by atoms with van der Waals surface area (Å²) < 4.78 is 16.9. The molecule has 0 unspecified atom stereocenters. The van der Waals surface area contributed by atoms with Crippen LogP contribution in [-0.4, -0.2) is 38.0 Å². The molecule has 0 aliphatic carbocycles. The van der Waals surface area contributed by atoms with Crippen LogP contribution >= 0.6 is 0 Å². The zero-order valence-electron chi connectivity index (χ0n) is 25.3. The Kier molecular flexibility index (Phi) is 10.2. The number of nitro groups is 2. The molecule has 0 amide bonds. The highest BCUT2D eigenvalue weighted by molar-refractivity contribution is 6.06. The fourth-order valence-corrected chi connectivity index (χ4v) is 4.51. The zero-order valence-corrected chi connectivity index (χ0v) is 25.3. The lowest BCUT2D eigenvalue weighted by atomic mass is 10.1. The van der Waals surface area contributed by atoms with Crippen molar-refractivity contribution in [2.45, 2.75) is 6.61 Å². The lowest BCUT2D eigenvalue weighted by Gasteiger charge is -2.11. The van der Waals surface area contributed by atoms with Crippen molar-refractivity contribution in [3.8, 4) is 34.5 Å². The summed E-state index contributed by atoms with van der Waals surface area (Å²) in [6.07, 6.45) is 0. The molecular weight excluding hydrogens is 660 g/mol. The summed E-state index contributed by atoms with van der Waals surface area (Å²) in [5, 5.41) is 41.4. The molecule has 16 nitrogen and oxygen atoms in total. The standard InChI is InChI=1S/C34H22N2O14/c37-32(38)26-6-2-8-29(35(42)43)28(26)19-46-50-23-16-14-21(15-17-23)48-25-5-1-4-24(18-25)47-20-10-12-22(13-11-20)49-34(41)31-27(33(39)40)7-3-9-30(31)36(44)45/h1-18H,19H2,(H,37,38)(H,39,40). The SMILES string of the molecule is O=C(O)c1cccc([N+](=O)[O-])c1COOc1ccc(Oc2cccc(Oc3ccc(OC(=O)c4c(C(=O)O)cccc4[N+](=O)[O-])cc3)c2)cc1. The average Bonchev–Trinajstić information content (AvgIpc) is 3.09. The zero-order chi connectivity index (χ0) is 35.8. The molecule has 0 aliphatic heterocycles. The van der Waals surface area contributed by atoms with Gasteiger partial charge in [0.05, 0.1) is 26.5 Å². The molecule has 0 radical (unpaired) electrons. The number of esters is 1. The van der Waals surface area contributed by atoms with Gasteiger partial charge in [0.1, 0.15) is 35.4 Å². The molecule has 0 atom stereocenters. The molecule has 0 aliphatic rings. The second kappa shape index (κ2) is 15.1. The molecule has 0 spiro atoms. The van der Waals surface area contributed by atoms with Crippen LogP contribution in [0.15, 0.2) is 109 Å². The first-order chi connectivity index (χ1) is 24.0. The molecule has 50 heavy (non-hydrogen) atoms. The molecular formula is C34H22N2O14. The minimum atomic E-state index is -1.53. The van der Waals surface area contributed by atoms with Crippen molar-refractivity contribution in [3.63, 3.8) is 0 Å². The third-order valence-corrected chi connectivity index (χ3v) is 6.75. The van der Waals surface area contributed by atoms with Crippen LogP contribution in [0.5, 0.6) is 34.5 Å². The maximum atomic E-state index is 12.7. The van der Waals surface area contributed by atoms with E-state index in [0.717, 1.165) is 18.2 Å². The summed E-state index contributed by atoms with van der Waals surface area (Å²) in [7, 11) is 0. The minimum absolute atomic E-state index is 0.0156. The summed E-state index contributed by atoms with van der Waals surface area (Å²) in [4.78, 5) is 67.1. The van der Waals surface area contributed by atoms with Crippen LogP contribution < -0.4 is 19.1 Å². The van der Waals surface area contributed by atoms with Crippen LogP contribution in [0.1, 0.15) is 36.6 Å². The molecule has 252 valence electrons. The minimum Gasteiger partial charge on any atom is -0.478 e. The summed E-state index contributed by atoms with van der Waals surface area (Å²) >= 11 is 0. The van der Waals surface area contributed by atoms with Crippen molar-refractivity contribution in [2.75, 3.05) is 0 Å². The molecule has 0 saturated heterocycles. The fraction of sp³-hybridized carbons (Fsp3) is 0.0294. The van der Waals surface area contributed by atoms with Gasteiger partial charge in [-0.25, -0.2) is 14.4 Å². The van der Waals surface area contributed by atoms with Crippen molar-refractivity contribution in [1.29, 1.82) is 0 Å². The summed E-state index contributed by atoms with van der Waals surface area (Å²) in [5.41, 5.74) is -2.83. The Hall–Kier alpha value is -7.33. The lowest BCUT2D eigenvalue weighted by molar-refractivity contribution is -0.386. The molecule has 5 rings (SSSR count). The maximum Gasteiger partial charge on any atom is 0.351 e. The fourth-order valence-electron chi connectivity index (χ4n) is 4.51. The first-order valence-electron chi connectivity index (χ1n) is 14.2. The van der Waals surface area contributed by atoms with E-state index in [9.17, 15) is 44.8 Å². The Morgan fingerprint density at radius 2 is 1.06 bits per heavy atom. The second-order valence-corrected chi connectivity index (χ2v) is 9.98. The molecule has 5 aromatic carbocycles. The Bertz CT molecular complexity index is 2030. The van der Waals surface area contributed by atoms with Crippen LogP contribution in [0.4, 0.5) is 11.4 Å². The van der Waals surface area contributed by atoms with E-state index in [2.05, 4.69) is 0 Å². The van der Waals surface area contributed by atoms with E-state index in [0.29, 0.717) is 23.0 Å². The first kappa shape index (κ1) is 34.0. The normalized spacial score (nSPS) is 10.5. The van der Waals surface area contributed by atoms with Gasteiger partial charge in [0.2, 0.25) is 0 Å². The number of ether oxygens (including phenoxy) is 3. The highest BCUT2D eigenvalue weighted by Crippen LogP contribution is 2.31. The Morgan fingerprint density at radius 3 is 1.60 bits per heavy atom. The Labute approximate surface area is 280 Å². The number of hydrogen-bond donors (Lipinski definition) is 2. The highest BCUT2D eigenvalue weighted by atomic mass is 17.2. The third kappa shape index (κ3) is 8.14. The van der Waals surface area contributed by atoms with Gasteiger partial charge in [-0.15, -0.1) is 0 Å².